The number of anilines is 6. The number of para-hydroxylation sites is 5. The number of benzene rings is 12. The van der Waals surface area contributed by atoms with Crippen LogP contribution < -0.4 is 9.80 Å². The third-order valence-corrected chi connectivity index (χ3v) is 17.6. The molecule has 12 aromatic carbocycles. The van der Waals surface area contributed by atoms with Gasteiger partial charge in [-0.1, -0.05) is 184 Å². The Kier molecular flexibility index (Phi) is 11.8. The zero-order valence-electron chi connectivity index (χ0n) is 47.2. The number of rotatable bonds is 11. The van der Waals surface area contributed by atoms with Gasteiger partial charge in [0.1, 0.15) is 5.82 Å². The van der Waals surface area contributed by atoms with Crippen molar-refractivity contribution < 1.29 is 0 Å². The molecule has 0 spiro atoms. The first-order valence-electron chi connectivity index (χ1n) is 29.3. The second-order valence-corrected chi connectivity index (χ2v) is 22.8. The molecule has 15 aromatic rings. The molecule has 3 aromatic heterocycles. The van der Waals surface area contributed by atoms with Gasteiger partial charge in [-0.15, -0.1) is 0 Å². The highest BCUT2D eigenvalue weighted by molar-refractivity contribution is 6.16. The molecule has 0 radical (unpaired) electrons. The van der Waals surface area contributed by atoms with E-state index in [9.17, 15) is 0 Å². The van der Waals surface area contributed by atoms with Gasteiger partial charge in [-0.25, -0.2) is 4.98 Å². The number of hydrogen-bond acceptors (Lipinski definition) is 3. The van der Waals surface area contributed by atoms with E-state index in [-0.39, 0.29) is 5.41 Å². The summed E-state index contributed by atoms with van der Waals surface area (Å²) in [6.07, 6.45) is 1.88. The molecule has 1 aliphatic carbocycles. The van der Waals surface area contributed by atoms with Gasteiger partial charge >= 0.3 is 0 Å². The van der Waals surface area contributed by atoms with Crippen molar-refractivity contribution in [1.82, 2.24) is 14.1 Å². The lowest BCUT2D eigenvalue weighted by atomic mass is 9.82. The third kappa shape index (κ3) is 8.34. The summed E-state index contributed by atoms with van der Waals surface area (Å²) in [5.41, 5.74) is 24.5. The molecule has 0 bridgehead atoms. The third-order valence-electron chi connectivity index (χ3n) is 17.6. The van der Waals surface area contributed by atoms with Crippen molar-refractivity contribution in [2.75, 3.05) is 9.80 Å². The van der Waals surface area contributed by atoms with E-state index in [4.69, 9.17) is 4.98 Å². The molecule has 1 aliphatic rings. The van der Waals surface area contributed by atoms with Crippen LogP contribution in [0.3, 0.4) is 0 Å². The van der Waals surface area contributed by atoms with Crippen molar-refractivity contribution >= 4 is 77.9 Å². The molecular weight excluding hydrogens is 1030 g/mol. The van der Waals surface area contributed by atoms with E-state index in [2.05, 4.69) is 330 Å². The molecule has 0 saturated heterocycles. The molecule has 16 rings (SSSR count). The Balaban J connectivity index is 0.719. The average Bonchev–Trinajstić information content (AvgIpc) is 2.54. The SMILES string of the molecule is CC1(C)c2ccc(-c3cccc4c3c3ccccc3n4-c3ccc(-c4ccc(N(c5ccccc5)c5ccccc5)cc4)cc3)cc2-c2ccc(N(c3ccc(-c4ccc5c(c4)c4ccccc4n5-c4ccccc4)cc3)c3ccccn3)cc21. The van der Waals surface area contributed by atoms with Crippen LogP contribution in [-0.4, -0.2) is 14.1 Å². The van der Waals surface area contributed by atoms with Crippen LogP contribution in [0.2, 0.25) is 0 Å². The average molecular weight is 1090 g/mol. The van der Waals surface area contributed by atoms with Crippen LogP contribution in [0.15, 0.2) is 310 Å². The van der Waals surface area contributed by atoms with Crippen molar-refractivity contribution in [3.63, 3.8) is 0 Å². The van der Waals surface area contributed by atoms with Crippen molar-refractivity contribution in [1.29, 1.82) is 0 Å². The van der Waals surface area contributed by atoms with Gasteiger partial charge in [0.2, 0.25) is 0 Å². The summed E-state index contributed by atoms with van der Waals surface area (Å²) in [7, 11) is 0. The molecule has 5 nitrogen and oxygen atoms in total. The molecule has 402 valence electrons. The smallest absolute Gasteiger partial charge is 0.137 e. The number of nitrogens with zero attached hydrogens (tertiary/aromatic N) is 5. The molecule has 3 heterocycles. The molecule has 0 amide bonds. The highest BCUT2D eigenvalue weighted by Gasteiger charge is 2.37. The maximum atomic E-state index is 4.95. The van der Waals surface area contributed by atoms with Crippen molar-refractivity contribution in [2.45, 2.75) is 19.3 Å². The molecule has 0 N–H and O–H groups in total. The van der Waals surface area contributed by atoms with Crippen LogP contribution in [-0.2, 0) is 5.41 Å². The van der Waals surface area contributed by atoms with Gasteiger partial charge in [-0.2, -0.15) is 0 Å². The van der Waals surface area contributed by atoms with Crippen molar-refractivity contribution in [2.24, 2.45) is 0 Å². The summed E-state index contributed by atoms with van der Waals surface area (Å²) < 4.78 is 4.80. The van der Waals surface area contributed by atoms with Crippen LogP contribution in [0.1, 0.15) is 25.0 Å². The molecule has 5 heteroatoms. The van der Waals surface area contributed by atoms with E-state index in [0.717, 1.165) is 51.2 Å². The van der Waals surface area contributed by atoms with Crippen LogP contribution in [0.4, 0.5) is 34.3 Å². The predicted molar refractivity (Wildman–Crippen MR) is 356 cm³/mol. The second kappa shape index (κ2) is 20.2. The molecule has 0 aliphatic heterocycles. The van der Waals surface area contributed by atoms with Gasteiger partial charge in [0.15, 0.2) is 0 Å². The van der Waals surface area contributed by atoms with Crippen LogP contribution in [0.5, 0.6) is 0 Å². The molecule has 85 heavy (non-hydrogen) atoms. The van der Waals surface area contributed by atoms with E-state index < -0.39 is 0 Å². The summed E-state index contributed by atoms with van der Waals surface area (Å²) in [4.78, 5) is 9.54. The summed E-state index contributed by atoms with van der Waals surface area (Å²) >= 11 is 0. The largest absolute Gasteiger partial charge is 0.311 e. The Morgan fingerprint density at radius 3 is 1.48 bits per heavy atom. The minimum Gasteiger partial charge on any atom is -0.311 e. The first-order valence-corrected chi connectivity index (χ1v) is 29.3. The fraction of sp³-hybridized carbons (Fsp3) is 0.0375. The second-order valence-electron chi connectivity index (χ2n) is 22.8. The molecular formula is C80H57N5. The first-order chi connectivity index (χ1) is 41.9. The van der Waals surface area contributed by atoms with Crippen LogP contribution in [0.25, 0.3) is 99.5 Å². The lowest BCUT2D eigenvalue weighted by molar-refractivity contribution is 0.660. The monoisotopic (exact) mass is 1090 g/mol. The first kappa shape index (κ1) is 49.8. The quantitative estimate of drug-likeness (QED) is 0.129. The lowest BCUT2D eigenvalue weighted by Crippen LogP contribution is -2.17. The van der Waals surface area contributed by atoms with E-state index in [0.29, 0.717) is 0 Å². The van der Waals surface area contributed by atoms with Crippen LogP contribution >= 0.6 is 0 Å². The number of pyridine rings is 1. The minimum absolute atomic E-state index is 0.248. The number of fused-ring (bicyclic) bond motifs is 9. The normalized spacial score (nSPS) is 12.4. The molecule has 0 atom stereocenters. The highest BCUT2D eigenvalue weighted by Crippen LogP contribution is 2.52. The Morgan fingerprint density at radius 1 is 0.294 bits per heavy atom. The maximum Gasteiger partial charge on any atom is 0.137 e. The van der Waals surface area contributed by atoms with E-state index in [1.165, 1.54) is 93.7 Å². The topological polar surface area (TPSA) is 29.2 Å². The van der Waals surface area contributed by atoms with Crippen molar-refractivity contribution in [3.05, 3.63) is 321 Å². The van der Waals surface area contributed by atoms with Gasteiger partial charge in [-0.05, 0) is 189 Å². The summed E-state index contributed by atoms with van der Waals surface area (Å²) in [6, 6.07) is 110. The van der Waals surface area contributed by atoms with E-state index in [1.807, 2.05) is 12.3 Å². The van der Waals surface area contributed by atoms with Gasteiger partial charge in [-0.3, -0.25) is 4.90 Å². The van der Waals surface area contributed by atoms with Crippen molar-refractivity contribution in [3.8, 4) is 55.9 Å². The fourth-order valence-corrected chi connectivity index (χ4v) is 13.5. The molecule has 0 fully saturated rings. The Morgan fingerprint density at radius 2 is 0.800 bits per heavy atom. The molecule has 0 saturated carbocycles. The Hall–Kier alpha value is -11.0. The predicted octanol–water partition coefficient (Wildman–Crippen LogP) is 21.5. The summed E-state index contributed by atoms with van der Waals surface area (Å²) in [5, 5.41) is 4.96. The zero-order valence-corrected chi connectivity index (χ0v) is 47.2. The van der Waals surface area contributed by atoms with Crippen LogP contribution in [0, 0.1) is 0 Å². The Bertz CT molecular complexity index is 4950. The number of aromatic nitrogens is 3. The zero-order chi connectivity index (χ0) is 56.6. The fourth-order valence-electron chi connectivity index (χ4n) is 13.5. The minimum atomic E-state index is -0.248. The van der Waals surface area contributed by atoms with Gasteiger partial charge in [0.05, 0.1) is 22.1 Å². The Labute approximate surface area is 494 Å². The van der Waals surface area contributed by atoms with Gasteiger partial charge in [0, 0.05) is 73.0 Å². The standard InChI is InChI=1S/C80H57N5/c1-80(2)72-48-38-58(66-27-18-30-77-79(66)69-26-13-15-29-75(69)85(77)64-44-34-55(35-45-64)54-32-40-62(41-33-54)82(59-19-6-3-7-20-59)60-21-8-4-9-22-60)52-70(72)67-47-46-65(53-73(67)80)83(78-31-16-17-50-81-78)63-42-36-56(37-43-63)57-39-49-76-71(51-57)68-25-12-14-28-74(68)84(76)61-23-10-5-11-24-61/h3-53H,1-2H3. The molecule has 0 unspecified atom stereocenters. The van der Waals surface area contributed by atoms with E-state index >= 15 is 0 Å². The maximum absolute atomic E-state index is 4.95. The van der Waals surface area contributed by atoms with Gasteiger partial charge in [0.25, 0.3) is 0 Å². The van der Waals surface area contributed by atoms with E-state index in [1.54, 1.807) is 0 Å². The highest BCUT2D eigenvalue weighted by atomic mass is 15.2. The summed E-state index contributed by atoms with van der Waals surface area (Å²) in [6.45, 7) is 4.74. The summed E-state index contributed by atoms with van der Waals surface area (Å²) in [5.74, 6) is 0.865. The van der Waals surface area contributed by atoms with Gasteiger partial charge < -0.3 is 14.0 Å². The number of hydrogen-bond donors (Lipinski definition) is 0. The lowest BCUT2D eigenvalue weighted by Gasteiger charge is -2.27.